The molecule has 2 nitrogen and oxygen atoms in total. The molecule has 14 heavy (non-hydrogen) atoms. The monoisotopic (exact) mass is 184 g/mol. The van der Waals surface area contributed by atoms with Crippen molar-refractivity contribution in [2.24, 2.45) is 0 Å². The predicted molar refractivity (Wildman–Crippen MR) is 60.4 cm³/mol. The molecule has 2 aromatic rings. The molecule has 0 unspecified atom stereocenters. The predicted octanol–water partition coefficient (Wildman–Crippen LogP) is 2.83. The van der Waals surface area contributed by atoms with Crippen LogP contribution >= 0.6 is 0 Å². The Bertz CT molecular complexity index is 444. The number of benzene rings is 1. The Morgan fingerprint density at radius 1 is 1.36 bits per heavy atom. The fourth-order valence-corrected chi connectivity index (χ4v) is 1.45. The second-order valence-electron chi connectivity index (χ2n) is 3.07. The summed E-state index contributed by atoms with van der Waals surface area (Å²) in [6.45, 7) is 4.45. The van der Waals surface area contributed by atoms with Crippen molar-refractivity contribution in [3.8, 4) is 0 Å². The molecule has 0 saturated heterocycles. The largest absolute Gasteiger partial charge is 0.381 e. The van der Waals surface area contributed by atoms with Crippen molar-refractivity contribution in [1.82, 2.24) is 4.98 Å². The van der Waals surface area contributed by atoms with E-state index in [0.29, 0.717) is 0 Å². The third-order valence-electron chi connectivity index (χ3n) is 2.12. The molecular weight excluding hydrogens is 172 g/mol. The van der Waals surface area contributed by atoms with Gasteiger partial charge in [0.25, 0.3) is 0 Å². The lowest BCUT2D eigenvalue weighted by molar-refractivity contribution is 1.33. The molecule has 0 atom stereocenters. The minimum Gasteiger partial charge on any atom is -0.381 e. The number of rotatable bonds is 3. The molecule has 2 rings (SSSR count). The van der Waals surface area contributed by atoms with Gasteiger partial charge in [0.2, 0.25) is 0 Å². The number of fused-ring (bicyclic) bond motifs is 1. The van der Waals surface area contributed by atoms with E-state index < -0.39 is 0 Å². The molecule has 0 radical (unpaired) electrons. The molecule has 1 N–H and O–H groups in total. The van der Waals surface area contributed by atoms with Crippen LogP contribution in [0.2, 0.25) is 0 Å². The average Bonchev–Trinajstić information content (AvgIpc) is 2.26. The standard InChI is InChI=1S/C12H12N2/c1-2-7-14-12-5-3-4-10-6-8-13-9-11(10)12/h2-6,8-9,14H,1,7H2. The first kappa shape index (κ1) is 8.75. The second kappa shape index (κ2) is 3.92. The zero-order valence-corrected chi connectivity index (χ0v) is 7.90. The number of nitrogens with one attached hydrogen (secondary N) is 1. The molecule has 0 fully saturated rings. The maximum Gasteiger partial charge on any atom is 0.0437 e. The van der Waals surface area contributed by atoms with E-state index in [4.69, 9.17) is 0 Å². The lowest BCUT2D eigenvalue weighted by Crippen LogP contribution is -1.98. The summed E-state index contributed by atoms with van der Waals surface area (Å²) in [6, 6.07) is 8.17. The van der Waals surface area contributed by atoms with Crippen molar-refractivity contribution >= 4 is 16.5 Å². The van der Waals surface area contributed by atoms with Crippen molar-refractivity contribution in [2.75, 3.05) is 11.9 Å². The minimum absolute atomic E-state index is 0.772. The Hall–Kier alpha value is -1.83. The maximum absolute atomic E-state index is 4.12. The molecule has 0 bridgehead atoms. The Morgan fingerprint density at radius 3 is 3.14 bits per heavy atom. The highest BCUT2D eigenvalue weighted by Crippen LogP contribution is 2.21. The van der Waals surface area contributed by atoms with Crippen LogP contribution in [0.15, 0.2) is 49.3 Å². The van der Waals surface area contributed by atoms with E-state index in [9.17, 15) is 0 Å². The molecule has 0 aliphatic carbocycles. The lowest BCUT2D eigenvalue weighted by atomic mass is 10.1. The summed E-state index contributed by atoms with van der Waals surface area (Å²) in [5.74, 6) is 0. The summed E-state index contributed by atoms with van der Waals surface area (Å²) < 4.78 is 0. The maximum atomic E-state index is 4.12. The van der Waals surface area contributed by atoms with Gasteiger partial charge in [-0.1, -0.05) is 18.2 Å². The van der Waals surface area contributed by atoms with Gasteiger partial charge in [0.05, 0.1) is 0 Å². The molecular formula is C12H12N2. The van der Waals surface area contributed by atoms with Crippen LogP contribution in [0, 0.1) is 0 Å². The van der Waals surface area contributed by atoms with Crippen LogP contribution in [0.25, 0.3) is 10.8 Å². The van der Waals surface area contributed by atoms with Gasteiger partial charge < -0.3 is 5.32 Å². The van der Waals surface area contributed by atoms with Crippen LogP contribution in [0.4, 0.5) is 5.69 Å². The van der Waals surface area contributed by atoms with Crippen molar-refractivity contribution in [2.45, 2.75) is 0 Å². The van der Waals surface area contributed by atoms with E-state index in [-0.39, 0.29) is 0 Å². The molecule has 0 aliphatic rings. The topological polar surface area (TPSA) is 24.9 Å². The van der Waals surface area contributed by atoms with Gasteiger partial charge in [-0.15, -0.1) is 6.58 Å². The molecule has 0 amide bonds. The van der Waals surface area contributed by atoms with Crippen LogP contribution in [0.5, 0.6) is 0 Å². The molecule has 1 heterocycles. The summed E-state index contributed by atoms with van der Waals surface area (Å²) in [5.41, 5.74) is 1.11. The number of hydrogen-bond acceptors (Lipinski definition) is 2. The van der Waals surface area contributed by atoms with Crippen molar-refractivity contribution in [3.05, 3.63) is 49.3 Å². The molecule has 2 heteroatoms. The SMILES string of the molecule is C=CCNc1cccc2ccncc12. The molecule has 1 aromatic carbocycles. The zero-order chi connectivity index (χ0) is 9.80. The van der Waals surface area contributed by atoms with E-state index in [0.717, 1.165) is 17.6 Å². The minimum atomic E-state index is 0.772. The van der Waals surface area contributed by atoms with E-state index in [2.05, 4.69) is 22.9 Å². The summed E-state index contributed by atoms with van der Waals surface area (Å²) in [5, 5.41) is 5.63. The van der Waals surface area contributed by atoms with Gasteiger partial charge in [-0.3, -0.25) is 4.98 Å². The average molecular weight is 184 g/mol. The van der Waals surface area contributed by atoms with E-state index in [1.54, 1.807) is 6.20 Å². The summed E-state index contributed by atoms with van der Waals surface area (Å²) >= 11 is 0. The first-order valence-corrected chi connectivity index (χ1v) is 4.59. The third kappa shape index (κ3) is 1.59. The lowest BCUT2D eigenvalue weighted by Gasteiger charge is -2.06. The molecule has 0 spiro atoms. The van der Waals surface area contributed by atoms with Crippen molar-refractivity contribution in [1.29, 1.82) is 0 Å². The Labute approximate surface area is 83.3 Å². The fraction of sp³-hybridized carbons (Fsp3) is 0.0833. The van der Waals surface area contributed by atoms with Crippen LogP contribution in [0.3, 0.4) is 0 Å². The Kier molecular flexibility index (Phi) is 2.45. The molecule has 0 saturated carbocycles. The van der Waals surface area contributed by atoms with Crippen LogP contribution < -0.4 is 5.32 Å². The van der Waals surface area contributed by atoms with Crippen molar-refractivity contribution < 1.29 is 0 Å². The normalized spacial score (nSPS) is 10.0. The number of aromatic nitrogens is 1. The second-order valence-corrected chi connectivity index (χ2v) is 3.07. The fourth-order valence-electron chi connectivity index (χ4n) is 1.45. The molecule has 70 valence electrons. The van der Waals surface area contributed by atoms with Gasteiger partial charge in [-0.25, -0.2) is 0 Å². The summed E-state index contributed by atoms with van der Waals surface area (Å²) in [4.78, 5) is 4.12. The highest BCUT2D eigenvalue weighted by molar-refractivity contribution is 5.93. The highest BCUT2D eigenvalue weighted by Gasteiger charge is 1.97. The zero-order valence-electron chi connectivity index (χ0n) is 7.90. The van der Waals surface area contributed by atoms with Gasteiger partial charge >= 0.3 is 0 Å². The van der Waals surface area contributed by atoms with Gasteiger partial charge in [0.15, 0.2) is 0 Å². The van der Waals surface area contributed by atoms with Crippen LogP contribution in [-0.2, 0) is 0 Å². The van der Waals surface area contributed by atoms with Gasteiger partial charge in [0, 0.05) is 30.0 Å². The third-order valence-corrected chi connectivity index (χ3v) is 2.12. The van der Waals surface area contributed by atoms with Crippen LogP contribution in [0.1, 0.15) is 0 Å². The van der Waals surface area contributed by atoms with Crippen LogP contribution in [-0.4, -0.2) is 11.5 Å². The summed E-state index contributed by atoms with van der Waals surface area (Å²) in [7, 11) is 0. The Morgan fingerprint density at radius 2 is 2.29 bits per heavy atom. The van der Waals surface area contributed by atoms with Gasteiger partial charge in [-0.05, 0) is 17.5 Å². The molecule has 1 aromatic heterocycles. The van der Waals surface area contributed by atoms with Crippen molar-refractivity contribution in [3.63, 3.8) is 0 Å². The van der Waals surface area contributed by atoms with E-state index in [1.807, 2.05) is 30.5 Å². The first-order valence-electron chi connectivity index (χ1n) is 4.59. The van der Waals surface area contributed by atoms with E-state index >= 15 is 0 Å². The number of pyridine rings is 1. The molecule has 0 aliphatic heterocycles. The summed E-state index contributed by atoms with van der Waals surface area (Å²) in [6.07, 6.45) is 5.52. The quantitative estimate of drug-likeness (QED) is 0.742. The van der Waals surface area contributed by atoms with Gasteiger partial charge in [0.1, 0.15) is 0 Å². The number of nitrogens with zero attached hydrogens (tertiary/aromatic N) is 1. The van der Waals surface area contributed by atoms with Gasteiger partial charge in [-0.2, -0.15) is 0 Å². The first-order chi connectivity index (χ1) is 6.92. The number of anilines is 1. The Balaban J connectivity index is 2.48. The number of hydrogen-bond donors (Lipinski definition) is 1. The van der Waals surface area contributed by atoms with E-state index in [1.165, 1.54) is 5.39 Å². The smallest absolute Gasteiger partial charge is 0.0437 e. The highest BCUT2D eigenvalue weighted by atomic mass is 14.9.